The molecule has 0 aliphatic carbocycles. The summed E-state index contributed by atoms with van der Waals surface area (Å²) in [7, 11) is 0. The van der Waals surface area contributed by atoms with Crippen LogP contribution in [0.5, 0.6) is 11.5 Å². The van der Waals surface area contributed by atoms with Crippen molar-refractivity contribution in [3.63, 3.8) is 0 Å². The van der Waals surface area contributed by atoms with Gasteiger partial charge in [0.1, 0.15) is 12.4 Å². The van der Waals surface area contributed by atoms with E-state index in [1.165, 1.54) is 0 Å². The first-order valence-electron chi connectivity index (χ1n) is 11.8. The quantitative estimate of drug-likeness (QED) is 0.317. The average molecular weight is 508 g/mol. The molecule has 0 aromatic heterocycles. The van der Waals surface area contributed by atoms with Crippen molar-refractivity contribution < 1.29 is 33.6 Å². The number of carbonyl (C=O) groups excluding carboxylic acids is 1. The lowest BCUT2D eigenvalue weighted by atomic mass is 10.1. The first-order chi connectivity index (χ1) is 16.9. The fourth-order valence-electron chi connectivity index (χ4n) is 3.21. The summed E-state index contributed by atoms with van der Waals surface area (Å²) in [6.07, 6.45) is 0.476. The number of hydrogen-bond donors (Lipinski definition) is 1. The van der Waals surface area contributed by atoms with Crippen LogP contribution in [0.4, 0.5) is 4.79 Å². The van der Waals surface area contributed by atoms with Gasteiger partial charge in [0.05, 0.1) is 11.6 Å². The third kappa shape index (κ3) is 10.5. The Bertz CT molecular complexity index is 907. The highest BCUT2D eigenvalue weighted by Gasteiger charge is 2.19. The maximum atomic E-state index is 12.8. The molecule has 0 radical (unpaired) electrons. The number of carboxylic acids is 1. The summed E-state index contributed by atoms with van der Waals surface area (Å²) < 4.78 is 22.1. The second-order valence-electron chi connectivity index (χ2n) is 7.73. The number of rotatable bonds is 16. The van der Waals surface area contributed by atoms with E-state index in [2.05, 4.69) is 0 Å². The van der Waals surface area contributed by atoms with E-state index in [0.717, 1.165) is 12.0 Å². The maximum absolute atomic E-state index is 12.8. The number of carboxylic acid groups (broad SMARTS) is 1. The lowest BCUT2D eigenvalue weighted by Gasteiger charge is -2.22. The van der Waals surface area contributed by atoms with Crippen LogP contribution in [0.15, 0.2) is 48.5 Å². The van der Waals surface area contributed by atoms with E-state index in [1.807, 2.05) is 6.92 Å². The second kappa shape index (κ2) is 16.0. The molecule has 0 saturated heterocycles. The van der Waals surface area contributed by atoms with Crippen LogP contribution in [-0.2, 0) is 20.7 Å². The third-order valence-electron chi connectivity index (χ3n) is 4.97. The molecule has 0 fully saturated rings. The van der Waals surface area contributed by atoms with E-state index in [0.29, 0.717) is 55.9 Å². The van der Waals surface area contributed by atoms with Crippen molar-refractivity contribution in [3.05, 3.63) is 59.1 Å². The number of hydrogen-bond acceptors (Lipinski definition) is 6. The summed E-state index contributed by atoms with van der Waals surface area (Å²) in [6.45, 7) is 6.38. The fourth-order valence-corrected chi connectivity index (χ4v) is 3.39. The van der Waals surface area contributed by atoms with Gasteiger partial charge in [-0.25, -0.2) is 9.59 Å². The number of para-hydroxylation sites is 1. The molecular weight excluding hydrogens is 474 g/mol. The number of benzene rings is 2. The first kappa shape index (κ1) is 28.4. The van der Waals surface area contributed by atoms with Crippen molar-refractivity contribution in [2.24, 2.45) is 0 Å². The standard InChI is InChI=1S/C26H34ClNO7/c1-3-16-32-17-7-14-28(26(31)35-23-9-6-5-8-22(23)27)15-18-34-21-12-10-20(11-13-21)19-24(25(29)30)33-4-2/h5-6,8-13,24H,3-4,7,14-19H2,1-2H3,(H,29,30). The zero-order valence-electron chi connectivity index (χ0n) is 20.3. The predicted molar refractivity (Wildman–Crippen MR) is 133 cm³/mol. The normalized spacial score (nSPS) is 11.6. The number of amides is 1. The third-order valence-corrected chi connectivity index (χ3v) is 5.29. The lowest BCUT2D eigenvalue weighted by molar-refractivity contribution is -0.149. The Morgan fingerprint density at radius 1 is 1.00 bits per heavy atom. The summed E-state index contributed by atoms with van der Waals surface area (Å²) >= 11 is 6.12. The number of carbonyl (C=O) groups is 2. The van der Waals surface area contributed by atoms with Crippen LogP contribution in [0.3, 0.4) is 0 Å². The Morgan fingerprint density at radius 3 is 2.40 bits per heavy atom. The Hall–Kier alpha value is -2.81. The van der Waals surface area contributed by atoms with Gasteiger partial charge in [0.25, 0.3) is 0 Å². The lowest BCUT2D eigenvalue weighted by Crippen LogP contribution is -2.38. The fraction of sp³-hybridized carbons (Fsp3) is 0.462. The van der Waals surface area contributed by atoms with Crippen LogP contribution in [0.2, 0.25) is 5.02 Å². The topological polar surface area (TPSA) is 94.5 Å². The molecule has 0 bridgehead atoms. The second-order valence-corrected chi connectivity index (χ2v) is 8.14. The van der Waals surface area contributed by atoms with Gasteiger partial charge in [-0.05, 0) is 49.6 Å². The summed E-state index contributed by atoms with van der Waals surface area (Å²) in [5, 5.41) is 9.60. The Morgan fingerprint density at radius 2 is 1.74 bits per heavy atom. The predicted octanol–water partition coefficient (Wildman–Crippen LogP) is 5.07. The molecule has 1 amide bonds. The summed E-state index contributed by atoms with van der Waals surface area (Å²) in [4.78, 5) is 25.6. The molecule has 35 heavy (non-hydrogen) atoms. The van der Waals surface area contributed by atoms with Crippen LogP contribution in [0.25, 0.3) is 0 Å². The van der Waals surface area contributed by atoms with Crippen molar-refractivity contribution in [2.75, 3.05) is 39.5 Å². The zero-order valence-corrected chi connectivity index (χ0v) is 21.0. The van der Waals surface area contributed by atoms with Crippen LogP contribution in [0.1, 0.15) is 32.3 Å². The summed E-state index contributed by atoms with van der Waals surface area (Å²) in [5.74, 6) is -0.0756. The Kier molecular flexibility index (Phi) is 13.0. The van der Waals surface area contributed by atoms with E-state index >= 15 is 0 Å². The van der Waals surface area contributed by atoms with E-state index in [4.69, 9.17) is 30.5 Å². The van der Waals surface area contributed by atoms with Gasteiger partial charge in [-0.1, -0.05) is 42.8 Å². The molecule has 0 saturated carbocycles. The van der Waals surface area contributed by atoms with Gasteiger partial charge < -0.3 is 29.0 Å². The Balaban J connectivity index is 1.91. The number of ether oxygens (including phenoxy) is 4. The first-order valence-corrected chi connectivity index (χ1v) is 12.2. The van der Waals surface area contributed by atoms with Gasteiger partial charge in [0.15, 0.2) is 11.9 Å². The number of nitrogens with zero attached hydrogens (tertiary/aromatic N) is 1. The molecule has 0 aliphatic heterocycles. The molecule has 2 rings (SSSR count). The number of aliphatic carboxylic acids is 1. The van der Waals surface area contributed by atoms with Crippen molar-refractivity contribution in [2.45, 2.75) is 39.2 Å². The zero-order chi connectivity index (χ0) is 25.5. The van der Waals surface area contributed by atoms with Gasteiger partial charge in [-0.15, -0.1) is 0 Å². The van der Waals surface area contributed by atoms with Crippen LogP contribution < -0.4 is 9.47 Å². The van der Waals surface area contributed by atoms with E-state index < -0.39 is 18.2 Å². The molecule has 9 heteroatoms. The molecule has 2 aromatic carbocycles. The molecule has 1 N–H and O–H groups in total. The highest BCUT2D eigenvalue weighted by molar-refractivity contribution is 6.32. The van der Waals surface area contributed by atoms with E-state index in [1.54, 1.807) is 60.4 Å². The monoisotopic (exact) mass is 507 g/mol. The minimum atomic E-state index is -0.990. The van der Waals surface area contributed by atoms with Crippen LogP contribution in [-0.4, -0.2) is 67.7 Å². The number of halogens is 1. The van der Waals surface area contributed by atoms with Crippen molar-refractivity contribution in [1.29, 1.82) is 0 Å². The highest BCUT2D eigenvalue weighted by atomic mass is 35.5. The highest BCUT2D eigenvalue weighted by Crippen LogP contribution is 2.24. The molecule has 192 valence electrons. The Labute approximate surface area is 211 Å². The van der Waals surface area contributed by atoms with Crippen LogP contribution in [0, 0.1) is 0 Å². The molecule has 8 nitrogen and oxygen atoms in total. The van der Waals surface area contributed by atoms with Gasteiger partial charge in [-0.3, -0.25) is 0 Å². The average Bonchev–Trinajstić information content (AvgIpc) is 2.84. The molecule has 0 spiro atoms. The minimum Gasteiger partial charge on any atom is -0.492 e. The minimum absolute atomic E-state index is 0.253. The van der Waals surface area contributed by atoms with Gasteiger partial charge in [0.2, 0.25) is 0 Å². The van der Waals surface area contributed by atoms with Gasteiger partial charge in [-0.2, -0.15) is 0 Å². The molecular formula is C26H34ClNO7. The molecule has 0 aliphatic rings. The van der Waals surface area contributed by atoms with Gasteiger partial charge in [0, 0.05) is 32.8 Å². The summed E-state index contributed by atoms with van der Waals surface area (Å²) in [5.41, 5.74) is 0.829. The molecule has 1 atom stereocenters. The largest absolute Gasteiger partial charge is 0.492 e. The van der Waals surface area contributed by atoms with Crippen molar-refractivity contribution in [3.8, 4) is 11.5 Å². The molecule has 1 unspecified atom stereocenters. The maximum Gasteiger partial charge on any atom is 0.415 e. The van der Waals surface area contributed by atoms with Crippen LogP contribution >= 0.6 is 11.6 Å². The SMILES string of the molecule is CCCOCCCN(CCOc1ccc(CC(OCC)C(=O)O)cc1)C(=O)Oc1ccccc1Cl. The smallest absolute Gasteiger partial charge is 0.415 e. The molecule has 0 heterocycles. The summed E-state index contributed by atoms with van der Waals surface area (Å²) in [6, 6.07) is 14.0. The van der Waals surface area contributed by atoms with E-state index in [9.17, 15) is 14.7 Å². The molecule has 2 aromatic rings. The van der Waals surface area contributed by atoms with E-state index in [-0.39, 0.29) is 13.0 Å². The van der Waals surface area contributed by atoms with Crippen molar-refractivity contribution in [1.82, 2.24) is 4.90 Å². The van der Waals surface area contributed by atoms with Gasteiger partial charge >= 0.3 is 12.1 Å². The van der Waals surface area contributed by atoms with Crippen molar-refractivity contribution >= 4 is 23.7 Å².